The summed E-state index contributed by atoms with van der Waals surface area (Å²) in [6, 6.07) is 9.78. The van der Waals surface area contributed by atoms with Crippen LogP contribution in [0.2, 0.25) is 0 Å². The van der Waals surface area contributed by atoms with Gasteiger partial charge in [0.1, 0.15) is 12.3 Å². The molecule has 0 spiro atoms. The molecule has 0 N–H and O–H groups in total. The van der Waals surface area contributed by atoms with Gasteiger partial charge >= 0.3 is 6.09 Å². The molecule has 1 aliphatic heterocycles. The lowest BCUT2D eigenvalue weighted by atomic mass is 9.83. The topological polar surface area (TPSA) is 38.8 Å². The van der Waals surface area contributed by atoms with Crippen molar-refractivity contribution in [2.24, 2.45) is 5.92 Å². The van der Waals surface area contributed by atoms with E-state index >= 15 is 0 Å². The average Bonchev–Trinajstić information content (AvgIpc) is 2.91. The van der Waals surface area contributed by atoms with E-state index in [1.807, 2.05) is 50.3 Å². The molecule has 142 valence electrons. The first kappa shape index (κ1) is 19.0. The SMILES string of the molecule is C=C[C@@H]1OC(C)(C)N(C(=O)OCc2ccccc2)[C@H]1CC1CCCCC1. The maximum atomic E-state index is 12.9. The van der Waals surface area contributed by atoms with Crippen LogP contribution in [-0.2, 0) is 16.1 Å². The van der Waals surface area contributed by atoms with Crippen LogP contribution in [0.25, 0.3) is 0 Å². The summed E-state index contributed by atoms with van der Waals surface area (Å²) in [5.74, 6) is 0.651. The van der Waals surface area contributed by atoms with Gasteiger partial charge in [0.2, 0.25) is 0 Å². The molecule has 4 heteroatoms. The van der Waals surface area contributed by atoms with Crippen LogP contribution < -0.4 is 0 Å². The Bertz CT molecular complexity index is 607. The molecular weight excluding hydrogens is 326 g/mol. The predicted octanol–water partition coefficient (Wildman–Crippen LogP) is 5.29. The Balaban J connectivity index is 1.71. The van der Waals surface area contributed by atoms with Crippen LogP contribution in [-0.4, -0.2) is 28.9 Å². The summed E-state index contributed by atoms with van der Waals surface area (Å²) in [6.45, 7) is 8.09. The van der Waals surface area contributed by atoms with Gasteiger partial charge in [0.05, 0.1) is 12.1 Å². The second-order valence-electron chi connectivity index (χ2n) is 7.98. The molecule has 1 saturated carbocycles. The molecule has 26 heavy (non-hydrogen) atoms. The highest BCUT2D eigenvalue weighted by Crippen LogP contribution is 2.39. The number of rotatable bonds is 5. The fourth-order valence-electron chi connectivity index (χ4n) is 4.37. The molecule has 4 nitrogen and oxygen atoms in total. The summed E-state index contributed by atoms with van der Waals surface area (Å²) in [7, 11) is 0. The van der Waals surface area contributed by atoms with E-state index < -0.39 is 5.72 Å². The molecule has 2 aliphatic rings. The summed E-state index contributed by atoms with van der Waals surface area (Å²) in [5.41, 5.74) is 0.300. The van der Waals surface area contributed by atoms with E-state index in [1.165, 1.54) is 32.1 Å². The highest BCUT2D eigenvalue weighted by atomic mass is 16.6. The molecule has 2 fully saturated rings. The van der Waals surface area contributed by atoms with Gasteiger partial charge < -0.3 is 9.47 Å². The van der Waals surface area contributed by atoms with E-state index in [1.54, 1.807) is 4.90 Å². The third kappa shape index (κ3) is 4.29. The van der Waals surface area contributed by atoms with Gasteiger partial charge in [-0.15, -0.1) is 6.58 Å². The van der Waals surface area contributed by atoms with Crippen molar-refractivity contribution in [1.29, 1.82) is 0 Å². The molecule has 1 saturated heterocycles. The van der Waals surface area contributed by atoms with Gasteiger partial charge in [0.25, 0.3) is 0 Å². The molecule has 0 unspecified atom stereocenters. The third-order valence-electron chi connectivity index (χ3n) is 5.65. The lowest BCUT2D eigenvalue weighted by Crippen LogP contribution is -2.49. The van der Waals surface area contributed by atoms with Gasteiger partial charge in [-0.25, -0.2) is 4.79 Å². The molecule has 0 aromatic heterocycles. The largest absolute Gasteiger partial charge is 0.444 e. The second-order valence-corrected chi connectivity index (χ2v) is 7.98. The fourth-order valence-corrected chi connectivity index (χ4v) is 4.37. The zero-order valence-corrected chi connectivity index (χ0v) is 16.0. The maximum Gasteiger partial charge on any atom is 0.412 e. The minimum atomic E-state index is -0.689. The number of ether oxygens (including phenoxy) is 2. The van der Waals surface area contributed by atoms with E-state index in [4.69, 9.17) is 9.47 Å². The minimum absolute atomic E-state index is 0.00567. The van der Waals surface area contributed by atoms with Crippen molar-refractivity contribution >= 4 is 6.09 Å². The molecule has 1 amide bonds. The Morgan fingerprint density at radius 1 is 1.27 bits per heavy atom. The van der Waals surface area contributed by atoms with Crippen LogP contribution in [0.4, 0.5) is 4.79 Å². The summed E-state index contributed by atoms with van der Waals surface area (Å²) in [4.78, 5) is 14.7. The Labute approximate surface area is 157 Å². The average molecular weight is 357 g/mol. The second kappa shape index (κ2) is 8.26. The van der Waals surface area contributed by atoms with Gasteiger partial charge in [-0.05, 0) is 31.7 Å². The molecule has 1 heterocycles. The van der Waals surface area contributed by atoms with Crippen LogP contribution in [0.15, 0.2) is 43.0 Å². The number of amides is 1. The Morgan fingerprint density at radius 3 is 2.62 bits per heavy atom. The van der Waals surface area contributed by atoms with E-state index in [-0.39, 0.29) is 24.8 Å². The number of hydrogen-bond donors (Lipinski definition) is 0. The van der Waals surface area contributed by atoms with Crippen molar-refractivity contribution < 1.29 is 14.3 Å². The van der Waals surface area contributed by atoms with Crippen LogP contribution in [0.3, 0.4) is 0 Å². The smallest absolute Gasteiger partial charge is 0.412 e. The van der Waals surface area contributed by atoms with Crippen molar-refractivity contribution in [1.82, 2.24) is 4.90 Å². The Morgan fingerprint density at radius 2 is 1.96 bits per heavy atom. The lowest BCUT2D eigenvalue weighted by Gasteiger charge is -2.35. The molecule has 0 radical (unpaired) electrons. The van der Waals surface area contributed by atoms with Crippen molar-refractivity contribution in [2.75, 3.05) is 0 Å². The molecular formula is C22H31NO3. The zero-order chi connectivity index (χ0) is 18.6. The maximum absolute atomic E-state index is 12.9. The standard InChI is InChI=1S/C22H31NO3/c1-4-20-19(15-17-11-7-5-8-12-17)23(22(2,3)26-20)21(24)25-16-18-13-9-6-10-14-18/h4,6,9-10,13-14,17,19-20H,1,5,7-8,11-12,15-16H2,2-3H3/t19-,20-/m0/s1. The Kier molecular flexibility index (Phi) is 6.02. The fraction of sp³-hybridized carbons (Fsp3) is 0.591. The first-order valence-corrected chi connectivity index (χ1v) is 9.81. The van der Waals surface area contributed by atoms with Gasteiger partial charge in [0, 0.05) is 0 Å². The minimum Gasteiger partial charge on any atom is -0.444 e. The van der Waals surface area contributed by atoms with Gasteiger partial charge in [-0.3, -0.25) is 4.90 Å². The number of carbonyl (C=O) groups excluding carboxylic acids is 1. The Hall–Kier alpha value is -1.81. The number of carbonyl (C=O) groups is 1. The van der Waals surface area contributed by atoms with Gasteiger partial charge in [0.15, 0.2) is 0 Å². The molecule has 3 rings (SSSR count). The van der Waals surface area contributed by atoms with Gasteiger partial charge in [-0.1, -0.05) is 68.5 Å². The van der Waals surface area contributed by atoms with Crippen molar-refractivity contribution in [3.05, 3.63) is 48.6 Å². The number of hydrogen-bond acceptors (Lipinski definition) is 3. The van der Waals surface area contributed by atoms with E-state index in [9.17, 15) is 4.79 Å². The number of nitrogens with zero attached hydrogens (tertiary/aromatic N) is 1. The van der Waals surface area contributed by atoms with E-state index in [0.717, 1.165) is 12.0 Å². The lowest BCUT2D eigenvalue weighted by molar-refractivity contribution is -0.0617. The first-order valence-electron chi connectivity index (χ1n) is 9.81. The summed E-state index contributed by atoms with van der Waals surface area (Å²) >= 11 is 0. The van der Waals surface area contributed by atoms with Crippen molar-refractivity contribution in [3.63, 3.8) is 0 Å². The molecule has 0 bridgehead atoms. The van der Waals surface area contributed by atoms with Crippen LogP contribution in [0.1, 0.15) is 57.9 Å². The highest BCUT2D eigenvalue weighted by molar-refractivity contribution is 5.69. The van der Waals surface area contributed by atoms with Crippen LogP contribution in [0, 0.1) is 5.92 Å². The quantitative estimate of drug-likeness (QED) is 0.673. The summed E-state index contributed by atoms with van der Waals surface area (Å²) < 4.78 is 11.8. The monoisotopic (exact) mass is 357 g/mol. The summed E-state index contributed by atoms with van der Waals surface area (Å²) in [6.07, 6.45) is 8.75. The van der Waals surface area contributed by atoms with Crippen LogP contribution in [0.5, 0.6) is 0 Å². The highest BCUT2D eigenvalue weighted by Gasteiger charge is 2.50. The molecule has 1 aromatic rings. The van der Waals surface area contributed by atoms with E-state index in [2.05, 4.69) is 6.58 Å². The summed E-state index contributed by atoms with van der Waals surface area (Å²) in [5, 5.41) is 0. The zero-order valence-electron chi connectivity index (χ0n) is 16.0. The third-order valence-corrected chi connectivity index (χ3v) is 5.65. The van der Waals surface area contributed by atoms with Crippen molar-refractivity contribution in [2.45, 2.75) is 76.9 Å². The van der Waals surface area contributed by atoms with Crippen molar-refractivity contribution in [3.8, 4) is 0 Å². The molecule has 1 aliphatic carbocycles. The van der Waals surface area contributed by atoms with Crippen LogP contribution >= 0.6 is 0 Å². The predicted molar refractivity (Wildman–Crippen MR) is 103 cm³/mol. The molecule has 2 atom stereocenters. The first-order chi connectivity index (χ1) is 12.5. The molecule has 1 aromatic carbocycles. The van der Waals surface area contributed by atoms with Gasteiger partial charge in [-0.2, -0.15) is 0 Å². The normalized spacial score (nSPS) is 25.8. The number of benzene rings is 1. The van der Waals surface area contributed by atoms with E-state index in [0.29, 0.717) is 5.92 Å².